The van der Waals surface area contributed by atoms with Crippen LogP contribution in [0.2, 0.25) is 0 Å². The minimum Gasteiger partial charge on any atom is -0.378 e. The van der Waals surface area contributed by atoms with E-state index in [2.05, 4.69) is 13.8 Å². The Hall–Kier alpha value is -0.0400. The van der Waals surface area contributed by atoms with E-state index in [-0.39, 0.29) is 0 Å². The van der Waals surface area contributed by atoms with E-state index in [1.807, 2.05) is 0 Å². The van der Waals surface area contributed by atoms with Gasteiger partial charge < -0.3 is 4.74 Å². The van der Waals surface area contributed by atoms with Crippen LogP contribution in [0.5, 0.6) is 0 Å². The molecule has 1 atom stereocenters. The monoisotopic (exact) mass is 140 g/mol. The maximum absolute atomic E-state index is 5.62. The van der Waals surface area contributed by atoms with E-state index < -0.39 is 0 Å². The molecule has 3 fully saturated rings. The summed E-state index contributed by atoms with van der Waals surface area (Å²) >= 11 is 0. The van der Waals surface area contributed by atoms with Gasteiger partial charge in [0.05, 0.1) is 12.7 Å². The van der Waals surface area contributed by atoms with Gasteiger partial charge in [0.2, 0.25) is 0 Å². The van der Waals surface area contributed by atoms with Crippen LogP contribution in [0, 0.1) is 17.8 Å². The lowest BCUT2D eigenvalue weighted by Gasteiger charge is -2.48. The van der Waals surface area contributed by atoms with Crippen molar-refractivity contribution in [3.8, 4) is 0 Å². The van der Waals surface area contributed by atoms with Gasteiger partial charge in [-0.2, -0.15) is 0 Å². The Labute approximate surface area is 62.8 Å². The van der Waals surface area contributed by atoms with Gasteiger partial charge in [-0.1, -0.05) is 13.8 Å². The van der Waals surface area contributed by atoms with Crippen molar-refractivity contribution in [1.82, 2.24) is 0 Å². The fourth-order valence-electron chi connectivity index (χ4n) is 2.21. The highest BCUT2D eigenvalue weighted by molar-refractivity contribution is 4.90. The predicted molar refractivity (Wildman–Crippen MR) is 40.8 cm³/mol. The van der Waals surface area contributed by atoms with Gasteiger partial charge in [-0.05, 0) is 30.6 Å². The zero-order valence-corrected chi connectivity index (χ0v) is 6.84. The van der Waals surface area contributed by atoms with Crippen molar-refractivity contribution >= 4 is 0 Å². The first kappa shape index (κ1) is 6.66. The second-order valence-electron chi connectivity index (χ2n) is 4.09. The minimum atomic E-state index is 0.653. The zero-order chi connectivity index (χ0) is 7.14. The molecular weight excluding hydrogens is 124 g/mol. The summed E-state index contributed by atoms with van der Waals surface area (Å²) in [6.45, 7) is 5.66. The Morgan fingerprint density at radius 1 is 1.30 bits per heavy atom. The molecule has 1 saturated carbocycles. The maximum Gasteiger partial charge on any atom is 0.0580 e. The maximum atomic E-state index is 5.62. The van der Waals surface area contributed by atoms with Gasteiger partial charge in [-0.3, -0.25) is 0 Å². The summed E-state index contributed by atoms with van der Waals surface area (Å²) in [5, 5.41) is 0. The number of rotatable bonds is 1. The predicted octanol–water partition coefficient (Wildman–Crippen LogP) is 2.07. The number of hydrogen-bond donors (Lipinski definition) is 0. The van der Waals surface area contributed by atoms with E-state index in [0.29, 0.717) is 6.10 Å². The van der Waals surface area contributed by atoms with Gasteiger partial charge in [0.25, 0.3) is 0 Å². The van der Waals surface area contributed by atoms with Gasteiger partial charge in [0.15, 0.2) is 0 Å². The molecule has 3 rings (SSSR count). The third-order valence-electron chi connectivity index (χ3n) is 3.12. The minimum absolute atomic E-state index is 0.653. The van der Waals surface area contributed by atoms with E-state index in [9.17, 15) is 0 Å². The van der Waals surface area contributed by atoms with Crippen LogP contribution in [0.1, 0.15) is 26.7 Å². The van der Waals surface area contributed by atoms with Gasteiger partial charge >= 0.3 is 0 Å². The average molecular weight is 140 g/mol. The Kier molecular flexibility index (Phi) is 1.48. The molecule has 1 aliphatic carbocycles. The van der Waals surface area contributed by atoms with Crippen LogP contribution in [-0.4, -0.2) is 12.7 Å². The van der Waals surface area contributed by atoms with Crippen molar-refractivity contribution in [3.63, 3.8) is 0 Å². The van der Waals surface area contributed by atoms with Crippen molar-refractivity contribution in [1.29, 1.82) is 0 Å². The van der Waals surface area contributed by atoms with Crippen LogP contribution < -0.4 is 0 Å². The highest BCUT2D eigenvalue weighted by Crippen LogP contribution is 2.43. The molecule has 0 spiro atoms. The smallest absolute Gasteiger partial charge is 0.0580 e. The van der Waals surface area contributed by atoms with Crippen molar-refractivity contribution < 1.29 is 4.74 Å². The van der Waals surface area contributed by atoms with E-state index in [1.165, 1.54) is 12.8 Å². The third kappa shape index (κ3) is 0.878. The van der Waals surface area contributed by atoms with Crippen LogP contribution >= 0.6 is 0 Å². The molecule has 3 aliphatic rings. The molecule has 58 valence electrons. The molecule has 0 N–H and O–H groups in total. The van der Waals surface area contributed by atoms with Gasteiger partial charge in [0.1, 0.15) is 0 Å². The van der Waals surface area contributed by atoms with E-state index in [0.717, 1.165) is 24.4 Å². The summed E-state index contributed by atoms with van der Waals surface area (Å²) in [7, 11) is 0. The first-order valence-electron chi connectivity index (χ1n) is 4.39. The summed E-state index contributed by atoms with van der Waals surface area (Å²) < 4.78 is 5.62. The second kappa shape index (κ2) is 2.23. The molecule has 1 unspecified atom stereocenters. The zero-order valence-electron chi connectivity index (χ0n) is 6.84. The fraction of sp³-hybridized carbons (Fsp3) is 1.00. The molecule has 2 saturated heterocycles. The van der Waals surface area contributed by atoms with E-state index in [4.69, 9.17) is 4.74 Å². The highest BCUT2D eigenvalue weighted by Gasteiger charge is 2.41. The van der Waals surface area contributed by atoms with Gasteiger partial charge in [0, 0.05) is 0 Å². The van der Waals surface area contributed by atoms with Crippen LogP contribution in [-0.2, 0) is 4.74 Å². The van der Waals surface area contributed by atoms with E-state index >= 15 is 0 Å². The summed E-state index contributed by atoms with van der Waals surface area (Å²) in [6, 6.07) is 0. The number of fused-ring (bicyclic) bond motifs is 2. The van der Waals surface area contributed by atoms with Crippen molar-refractivity contribution in [2.75, 3.05) is 6.61 Å². The van der Waals surface area contributed by atoms with Crippen LogP contribution in [0.25, 0.3) is 0 Å². The molecule has 1 heteroatoms. The van der Waals surface area contributed by atoms with Crippen LogP contribution in [0.4, 0.5) is 0 Å². The Morgan fingerprint density at radius 3 is 2.30 bits per heavy atom. The molecule has 0 amide bonds. The summed E-state index contributed by atoms with van der Waals surface area (Å²) in [6.07, 6.45) is 3.35. The lowest BCUT2D eigenvalue weighted by atomic mass is 9.68. The lowest BCUT2D eigenvalue weighted by molar-refractivity contribution is -0.139. The molecule has 2 heterocycles. The van der Waals surface area contributed by atoms with Crippen molar-refractivity contribution in [2.45, 2.75) is 32.8 Å². The summed E-state index contributed by atoms with van der Waals surface area (Å²) in [5.74, 6) is 2.70. The van der Waals surface area contributed by atoms with E-state index in [1.54, 1.807) is 0 Å². The standard InChI is InChI=1S/C9H16O/c1-6(2)9-5-10-8-3-7(9)4-8/h6-9H,3-5H2,1-2H3. The molecule has 0 aromatic heterocycles. The van der Waals surface area contributed by atoms with Crippen molar-refractivity contribution in [3.05, 3.63) is 0 Å². The number of ether oxygens (including phenoxy) is 1. The topological polar surface area (TPSA) is 9.23 Å². The van der Waals surface area contributed by atoms with Gasteiger partial charge in [-0.15, -0.1) is 0 Å². The molecule has 1 nitrogen and oxygen atoms in total. The average Bonchev–Trinajstić information content (AvgIpc) is 1.86. The molecule has 2 aliphatic heterocycles. The van der Waals surface area contributed by atoms with Crippen molar-refractivity contribution in [2.24, 2.45) is 17.8 Å². The Morgan fingerprint density at radius 2 is 2.00 bits per heavy atom. The highest BCUT2D eigenvalue weighted by atomic mass is 16.5. The third-order valence-corrected chi connectivity index (χ3v) is 3.12. The van der Waals surface area contributed by atoms with Crippen LogP contribution in [0.15, 0.2) is 0 Å². The molecule has 2 bridgehead atoms. The first-order valence-corrected chi connectivity index (χ1v) is 4.39. The quantitative estimate of drug-likeness (QED) is 0.541. The normalized spacial score (nSPS) is 45.3. The largest absolute Gasteiger partial charge is 0.378 e. The Bertz CT molecular complexity index is 122. The molecule has 0 aromatic rings. The Balaban J connectivity index is 1.96. The first-order chi connectivity index (χ1) is 4.77. The number of hydrogen-bond acceptors (Lipinski definition) is 1. The summed E-state index contributed by atoms with van der Waals surface area (Å²) in [4.78, 5) is 0. The summed E-state index contributed by atoms with van der Waals surface area (Å²) in [5.41, 5.74) is 0. The fourth-order valence-corrected chi connectivity index (χ4v) is 2.21. The molecule has 10 heavy (non-hydrogen) atoms. The lowest BCUT2D eigenvalue weighted by Crippen LogP contribution is -2.46. The second-order valence-corrected chi connectivity index (χ2v) is 4.09. The SMILES string of the molecule is CC(C)C1COC2CC1C2. The molecule has 0 radical (unpaired) electrons. The molecular formula is C9H16O. The van der Waals surface area contributed by atoms with Gasteiger partial charge in [-0.25, -0.2) is 0 Å². The van der Waals surface area contributed by atoms with Crippen LogP contribution in [0.3, 0.4) is 0 Å². The molecule has 0 aromatic carbocycles.